The van der Waals surface area contributed by atoms with Crippen molar-refractivity contribution in [2.24, 2.45) is 0 Å². The number of aryl methyl sites for hydroxylation is 1. The molecule has 1 N–H and O–H groups in total. The highest BCUT2D eigenvalue weighted by Gasteiger charge is 1.99. The monoisotopic (exact) mass is 259 g/mol. The summed E-state index contributed by atoms with van der Waals surface area (Å²) in [6, 6.07) is 2.03. The molecule has 0 unspecified atom stereocenters. The topological polar surface area (TPSA) is 41.6 Å². The van der Waals surface area contributed by atoms with Gasteiger partial charge in [-0.1, -0.05) is 0 Å². The van der Waals surface area contributed by atoms with Crippen molar-refractivity contribution in [1.29, 1.82) is 0 Å². The Kier molecular flexibility index (Phi) is 1.56. The minimum Gasteiger partial charge on any atom is -0.341 e. The van der Waals surface area contributed by atoms with Crippen molar-refractivity contribution in [1.82, 2.24) is 15.0 Å². The first-order valence-electron chi connectivity index (χ1n) is 3.23. The Bertz CT molecular complexity index is 393. The third-order valence-corrected chi connectivity index (χ3v) is 2.01. The van der Waals surface area contributed by atoms with Gasteiger partial charge in [0, 0.05) is 9.77 Å². The molecule has 0 saturated carbocycles. The lowest BCUT2D eigenvalue weighted by atomic mass is 10.4. The fourth-order valence-corrected chi connectivity index (χ4v) is 1.45. The Morgan fingerprint density at radius 3 is 3.18 bits per heavy atom. The van der Waals surface area contributed by atoms with E-state index in [4.69, 9.17) is 0 Å². The number of aromatic nitrogens is 3. The standard InChI is InChI=1S/C7H6IN3/c1-4-10-6-2-5(8)3-9-7(6)11-4/h2-3H,1H3,(H,9,10,11). The fourth-order valence-electron chi connectivity index (χ4n) is 0.995. The molecule has 4 heteroatoms. The summed E-state index contributed by atoms with van der Waals surface area (Å²) < 4.78 is 1.12. The Hall–Kier alpha value is -0.650. The lowest BCUT2D eigenvalue weighted by Crippen LogP contribution is -1.77. The summed E-state index contributed by atoms with van der Waals surface area (Å²) in [6.45, 7) is 1.93. The molecule has 0 saturated heterocycles. The molecule has 2 aromatic rings. The van der Waals surface area contributed by atoms with Crippen LogP contribution in [0.15, 0.2) is 12.3 Å². The van der Waals surface area contributed by atoms with Gasteiger partial charge in [-0.25, -0.2) is 9.97 Å². The second-order valence-corrected chi connectivity index (χ2v) is 3.59. The highest BCUT2D eigenvalue weighted by atomic mass is 127. The van der Waals surface area contributed by atoms with E-state index in [1.54, 1.807) is 0 Å². The number of pyridine rings is 1. The summed E-state index contributed by atoms with van der Waals surface area (Å²) in [5.41, 5.74) is 1.80. The van der Waals surface area contributed by atoms with E-state index in [0.717, 1.165) is 20.6 Å². The van der Waals surface area contributed by atoms with E-state index >= 15 is 0 Å². The van der Waals surface area contributed by atoms with Crippen molar-refractivity contribution in [3.8, 4) is 0 Å². The third-order valence-electron chi connectivity index (χ3n) is 1.42. The number of nitrogens with one attached hydrogen (secondary N) is 1. The van der Waals surface area contributed by atoms with Crippen molar-refractivity contribution in [3.05, 3.63) is 21.7 Å². The number of hydrogen-bond donors (Lipinski definition) is 1. The predicted octanol–water partition coefficient (Wildman–Crippen LogP) is 1.87. The lowest BCUT2D eigenvalue weighted by molar-refractivity contribution is 1.16. The molecule has 2 heterocycles. The molecule has 0 aliphatic rings. The van der Waals surface area contributed by atoms with E-state index in [0.29, 0.717) is 0 Å². The van der Waals surface area contributed by atoms with Gasteiger partial charge in [0.2, 0.25) is 0 Å². The molecular formula is C7H6IN3. The minimum absolute atomic E-state index is 0.794. The highest BCUT2D eigenvalue weighted by Crippen LogP contribution is 2.11. The van der Waals surface area contributed by atoms with Gasteiger partial charge in [-0.05, 0) is 35.6 Å². The van der Waals surface area contributed by atoms with Crippen LogP contribution in [0.5, 0.6) is 0 Å². The average molecular weight is 259 g/mol. The Morgan fingerprint density at radius 1 is 1.55 bits per heavy atom. The van der Waals surface area contributed by atoms with Gasteiger partial charge in [0.1, 0.15) is 5.82 Å². The normalized spacial score (nSPS) is 10.7. The molecule has 2 rings (SSSR count). The first-order chi connectivity index (χ1) is 5.25. The minimum atomic E-state index is 0.794. The number of nitrogens with zero attached hydrogens (tertiary/aromatic N) is 2. The van der Waals surface area contributed by atoms with Crippen LogP contribution in [0.3, 0.4) is 0 Å². The van der Waals surface area contributed by atoms with E-state index in [2.05, 4.69) is 37.5 Å². The van der Waals surface area contributed by atoms with Crippen LogP contribution >= 0.6 is 22.6 Å². The quantitative estimate of drug-likeness (QED) is 0.734. The van der Waals surface area contributed by atoms with Crippen LogP contribution in [0.1, 0.15) is 5.82 Å². The molecule has 0 aliphatic carbocycles. The molecule has 3 nitrogen and oxygen atoms in total. The summed E-state index contributed by atoms with van der Waals surface area (Å²) in [4.78, 5) is 11.5. The Labute approximate surface area is 77.4 Å². The molecule has 0 aromatic carbocycles. The molecule has 0 amide bonds. The highest BCUT2D eigenvalue weighted by molar-refractivity contribution is 14.1. The average Bonchev–Trinajstić information content (AvgIpc) is 2.27. The van der Waals surface area contributed by atoms with E-state index in [1.807, 2.05) is 19.2 Å². The zero-order valence-electron chi connectivity index (χ0n) is 5.93. The largest absolute Gasteiger partial charge is 0.341 e. The molecule has 0 atom stereocenters. The van der Waals surface area contributed by atoms with Gasteiger partial charge in [0.15, 0.2) is 5.65 Å². The maximum absolute atomic E-state index is 4.18. The maximum Gasteiger partial charge on any atom is 0.177 e. The molecule has 2 aromatic heterocycles. The van der Waals surface area contributed by atoms with Crippen molar-refractivity contribution in [3.63, 3.8) is 0 Å². The zero-order valence-corrected chi connectivity index (χ0v) is 8.08. The second kappa shape index (κ2) is 2.44. The maximum atomic E-state index is 4.18. The summed E-state index contributed by atoms with van der Waals surface area (Å²) in [5.74, 6) is 0.912. The summed E-state index contributed by atoms with van der Waals surface area (Å²) in [7, 11) is 0. The molecule has 11 heavy (non-hydrogen) atoms. The molecule has 56 valence electrons. The number of rotatable bonds is 0. The predicted molar refractivity (Wildman–Crippen MR) is 51.3 cm³/mol. The molecule has 0 spiro atoms. The van der Waals surface area contributed by atoms with Crippen molar-refractivity contribution in [2.75, 3.05) is 0 Å². The fraction of sp³-hybridized carbons (Fsp3) is 0.143. The van der Waals surface area contributed by atoms with Crippen LogP contribution in [0, 0.1) is 10.5 Å². The van der Waals surface area contributed by atoms with Gasteiger partial charge in [-0.3, -0.25) is 0 Å². The first kappa shape index (κ1) is 7.02. The second-order valence-electron chi connectivity index (χ2n) is 2.35. The molecular weight excluding hydrogens is 253 g/mol. The lowest BCUT2D eigenvalue weighted by Gasteiger charge is -1.86. The number of aromatic amines is 1. The van der Waals surface area contributed by atoms with Crippen LogP contribution in [0.2, 0.25) is 0 Å². The van der Waals surface area contributed by atoms with Gasteiger partial charge in [-0.15, -0.1) is 0 Å². The van der Waals surface area contributed by atoms with Gasteiger partial charge < -0.3 is 4.98 Å². The van der Waals surface area contributed by atoms with Gasteiger partial charge in [-0.2, -0.15) is 0 Å². The SMILES string of the molecule is Cc1nc2ncc(I)cc2[nH]1. The van der Waals surface area contributed by atoms with Crippen molar-refractivity contribution < 1.29 is 0 Å². The van der Waals surface area contributed by atoms with Crippen molar-refractivity contribution >= 4 is 33.8 Å². The van der Waals surface area contributed by atoms with Gasteiger partial charge in [0.25, 0.3) is 0 Å². The van der Waals surface area contributed by atoms with E-state index in [9.17, 15) is 0 Å². The van der Waals surface area contributed by atoms with Crippen molar-refractivity contribution in [2.45, 2.75) is 6.92 Å². The zero-order chi connectivity index (χ0) is 7.84. The number of halogens is 1. The number of hydrogen-bond acceptors (Lipinski definition) is 2. The van der Waals surface area contributed by atoms with Crippen LogP contribution < -0.4 is 0 Å². The Morgan fingerprint density at radius 2 is 2.36 bits per heavy atom. The summed E-state index contributed by atoms with van der Waals surface area (Å²) in [5, 5.41) is 0. The van der Waals surface area contributed by atoms with E-state index < -0.39 is 0 Å². The number of imidazole rings is 1. The van der Waals surface area contributed by atoms with Crippen LogP contribution in [0.4, 0.5) is 0 Å². The number of fused-ring (bicyclic) bond motifs is 1. The molecule has 0 bridgehead atoms. The smallest absolute Gasteiger partial charge is 0.177 e. The summed E-state index contributed by atoms with van der Waals surface area (Å²) >= 11 is 2.23. The molecule has 0 fully saturated rings. The van der Waals surface area contributed by atoms with Gasteiger partial charge >= 0.3 is 0 Å². The third kappa shape index (κ3) is 1.22. The van der Waals surface area contributed by atoms with Crippen LogP contribution in [-0.2, 0) is 0 Å². The van der Waals surface area contributed by atoms with E-state index in [1.165, 1.54) is 0 Å². The molecule has 0 aliphatic heterocycles. The first-order valence-corrected chi connectivity index (χ1v) is 4.31. The van der Waals surface area contributed by atoms with Crippen LogP contribution in [-0.4, -0.2) is 15.0 Å². The van der Waals surface area contributed by atoms with E-state index in [-0.39, 0.29) is 0 Å². The summed E-state index contributed by atoms with van der Waals surface area (Å²) in [6.07, 6.45) is 1.81. The van der Waals surface area contributed by atoms with Crippen LogP contribution in [0.25, 0.3) is 11.2 Å². The molecule has 0 radical (unpaired) electrons. The van der Waals surface area contributed by atoms with Gasteiger partial charge in [0.05, 0.1) is 5.52 Å². The Balaban J connectivity index is 2.82. The number of H-pyrrole nitrogens is 1.